The first-order chi connectivity index (χ1) is 11.6. The predicted molar refractivity (Wildman–Crippen MR) is 96.2 cm³/mol. The van der Waals surface area contributed by atoms with Crippen LogP contribution in [0.15, 0.2) is 29.3 Å². The molecular formula is C17H17N5OS. The molecule has 0 unspecified atom stereocenters. The average Bonchev–Trinajstić information content (AvgIpc) is 3.12. The molecule has 0 atom stereocenters. The molecule has 3 aromatic rings. The number of rotatable bonds is 3. The molecule has 0 saturated carbocycles. The fourth-order valence-electron chi connectivity index (χ4n) is 3.02. The standard InChI is InChI=1S/C17H17N5OS/c1-22-7-6-10-13(9-22)24-17(15(10)16(18)23)19-8-14-20-11-4-2-3-5-12(11)21-14/h2-5,8H,6-7,9H2,1H3,(H2,18,23)(H,20,21). The number of fused-ring (bicyclic) bond motifs is 2. The van der Waals surface area contributed by atoms with Crippen LogP contribution in [-0.4, -0.2) is 40.6 Å². The fraction of sp³-hybridized carbons (Fsp3) is 0.235. The number of likely N-dealkylation sites (N-methyl/N-ethyl adjacent to an activating group) is 1. The zero-order valence-corrected chi connectivity index (χ0v) is 14.1. The van der Waals surface area contributed by atoms with Crippen molar-refractivity contribution >= 4 is 39.5 Å². The molecule has 1 aliphatic rings. The molecule has 122 valence electrons. The third-order valence-electron chi connectivity index (χ3n) is 4.19. The summed E-state index contributed by atoms with van der Waals surface area (Å²) >= 11 is 1.54. The highest BCUT2D eigenvalue weighted by Gasteiger charge is 2.25. The van der Waals surface area contributed by atoms with Crippen LogP contribution in [0.25, 0.3) is 11.0 Å². The summed E-state index contributed by atoms with van der Waals surface area (Å²) in [5, 5.41) is 0.670. The van der Waals surface area contributed by atoms with Crippen molar-refractivity contribution < 1.29 is 4.79 Å². The molecule has 0 saturated heterocycles. The van der Waals surface area contributed by atoms with Crippen LogP contribution in [-0.2, 0) is 13.0 Å². The van der Waals surface area contributed by atoms with E-state index in [1.807, 2.05) is 24.3 Å². The van der Waals surface area contributed by atoms with Crippen molar-refractivity contribution in [2.24, 2.45) is 10.7 Å². The van der Waals surface area contributed by atoms with Gasteiger partial charge in [-0.15, -0.1) is 11.3 Å². The van der Waals surface area contributed by atoms with Crippen LogP contribution in [0.4, 0.5) is 5.00 Å². The third kappa shape index (κ3) is 2.61. The molecule has 0 spiro atoms. The lowest BCUT2D eigenvalue weighted by atomic mass is 10.0. The number of carbonyl (C=O) groups excluding carboxylic acids is 1. The molecule has 2 aromatic heterocycles. The number of aromatic nitrogens is 2. The van der Waals surface area contributed by atoms with E-state index in [0.29, 0.717) is 16.4 Å². The Balaban J connectivity index is 1.72. The van der Waals surface area contributed by atoms with Crippen molar-refractivity contribution in [3.8, 4) is 0 Å². The number of H-pyrrole nitrogens is 1. The summed E-state index contributed by atoms with van der Waals surface area (Å²) in [6.45, 7) is 1.76. The molecule has 7 heteroatoms. The smallest absolute Gasteiger partial charge is 0.252 e. The number of para-hydroxylation sites is 2. The Labute approximate surface area is 143 Å². The molecule has 1 aromatic carbocycles. The summed E-state index contributed by atoms with van der Waals surface area (Å²) in [4.78, 5) is 27.5. The number of aliphatic imine (C=N–C) groups is 1. The van der Waals surface area contributed by atoms with E-state index in [2.05, 4.69) is 26.9 Å². The second-order valence-electron chi connectivity index (χ2n) is 5.93. The summed E-state index contributed by atoms with van der Waals surface area (Å²) in [6, 6.07) is 7.81. The van der Waals surface area contributed by atoms with Crippen LogP contribution < -0.4 is 5.73 Å². The zero-order chi connectivity index (χ0) is 16.7. The molecule has 6 nitrogen and oxygen atoms in total. The van der Waals surface area contributed by atoms with Gasteiger partial charge in [0.15, 0.2) is 0 Å². The summed E-state index contributed by atoms with van der Waals surface area (Å²) in [6.07, 6.45) is 2.49. The minimum atomic E-state index is -0.409. The van der Waals surface area contributed by atoms with Crippen LogP contribution in [0.3, 0.4) is 0 Å². The number of primary amides is 1. The lowest BCUT2D eigenvalue weighted by Crippen LogP contribution is -2.26. The maximum absolute atomic E-state index is 11.9. The molecule has 0 bridgehead atoms. The molecule has 0 aliphatic carbocycles. The maximum atomic E-state index is 11.9. The van der Waals surface area contributed by atoms with Gasteiger partial charge in [0, 0.05) is 18.0 Å². The van der Waals surface area contributed by atoms with Crippen molar-refractivity contribution in [3.05, 3.63) is 46.1 Å². The molecule has 1 aliphatic heterocycles. The highest BCUT2D eigenvalue weighted by Crippen LogP contribution is 2.38. The van der Waals surface area contributed by atoms with Crippen LogP contribution >= 0.6 is 11.3 Å². The van der Waals surface area contributed by atoms with Gasteiger partial charge in [-0.2, -0.15) is 0 Å². The number of benzene rings is 1. The first-order valence-corrected chi connectivity index (χ1v) is 8.55. The van der Waals surface area contributed by atoms with E-state index >= 15 is 0 Å². The number of thiophene rings is 1. The van der Waals surface area contributed by atoms with E-state index in [9.17, 15) is 4.79 Å². The van der Waals surface area contributed by atoms with E-state index < -0.39 is 5.91 Å². The van der Waals surface area contributed by atoms with Crippen molar-refractivity contribution in [1.82, 2.24) is 14.9 Å². The number of aromatic amines is 1. The number of carbonyl (C=O) groups is 1. The van der Waals surface area contributed by atoms with Crippen molar-refractivity contribution in [2.75, 3.05) is 13.6 Å². The topological polar surface area (TPSA) is 87.4 Å². The lowest BCUT2D eigenvalue weighted by molar-refractivity contribution is 0.1000. The lowest BCUT2D eigenvalue weighted by Gasteiger charge is -2.22. The number of amides is 1. The number of nitrogens with one attached hydrogen (secondary N) is 1. The van der Waals surface area contributed by atoms with Gasteiger partial charge in [0.05, 0.1) is 22.8 Å². The van der Waals surface area contributed by atoms with Crippen LogP contribution in [0, 0.1) is 0 Å². The van der Waals surface area contributed by atoms with Gasteiger partial charge < -0.3 is 15.6 Å². The first-order valence-electron chi connectivity index (χ1n) is 7.73. The summed E-state index contributed by atoms with van der Waals surface area (Å²) < 4.78 is 0. The molecule has 4 rings (SSSR count). The Kier molecular flexibility index (Phi) is 3.66. The number of imidazole rings is 1. The molecule has 1 amide bonds. The van der Waals surface area contributed by atoms with Gasteiger partial charge in [-0.1, -0.05) is 12.1 Å². The molecule has 3 N–H and O–H groups in total. The predicted octanol–water partition coefficient (Wildman–Crippen LogP) is 2.46. The number of nitrogens with two attached hydrogens (primary N) is 1. The Hall–Kier alpha value is -2.51. The van der Waals surface area contributed by atoms with E-state index in [0.717, 1.165) is 36.1 Å². The Morgan fingerprint density at radius 2 is 2.29 bits per heavy atom. The summed E-state index contributed by atoms with van der Waals surface area (Å²) in [7, 11) is 2.07. The number of hydrogen-bond donors (Lipinski definition) is 2. The van der Waals surface area contributed by atoms with Gasteiger partial charge in [-0.25, -0.2) is 9.98 Å². The second-order valence-corrected chi connectivity index (χ2v) is 7.02. The monoisotopic (exact) mass is 339 g/mol. The average molecular weight is 339 g/mol. The maximum Gasteiger partial charge on any atom is 0.252 e. The fourth-order valence-corrected chi connectivity index (χ4v) is 4.29. The van der Waals surface area contributed by atoms with Crippen LogP contribution in [0.5, 0.6) is 0 Å². The van der Waals surface area contributed by atoms with Crippen LogP contribution in [0.1, 0.15) is 26.6 Å². The quantitative estimate of drug-likeness (QED) is 0.719. The van der Waals surface area contributed by atoms with Crippen LogP contribution in [0.2, 0.25) is 0 Å². The van der Waals surface area contributed by atoms with Crippen molar-refractivity contribution in [2.45, 2.75) is 13.0 Å². The van der Waals surface area contributed by atoms with E-state index in [1.165, 1.54) is 16.2 Å². The highest BCUT2D eigenvalue weighted by molar-refractivity contribution is 7.16. The van der Waals surface area contributed by atoms with Crippen molar-refractivity contribution in [1.29, 1.82) is 0 Å². The van der Waals surface area contributed by atoms with Gasteiger partial charge in [0.2, 0.25) is 0 Å². The van der Waals surface area contributed by atoms with Gasteiger partial charge in [-0.05, 0) is 31.2 Å². The minimum Gasteiger partial charge on any atom is -0.365 e. The Morgan fingerprint density at radius 3 is 3.08 bits per heavy atom. The Bertz CT molecular complexity index is 922. The van der Waals surface area contributed by atoms with Gasteiger partial charge in [-0.3, -0.25) is 4.79 Å². The highest BCUT2D eigenvalue weighted by atomic mass is 32.1. The number of nitrogens with zero attached hydrogens (tertiary/aromatic N) is 3. The third-order valence-corrected chi connectivity index (χ3v) is 5.31. The number of hydrogen-bond acceptors (Lipinski definition) is 5. The summed E-state index contributed by atoms with van der Waals surface area (Å²) in [5.74, 6) is 0.254. The molecule has 0 radical (unpaired) electrons. The van der Waals surface area contributed by atoms with E-state index in [-0.39, 0.29) is 0 Å². The molecule has 3 heterocycles. The summed E-state index contributed by atoms with van der Waals surface area (Å²) in [5.41, 5.74) is 9.08. The zero-order valence-electron chi connectivity index (χ0n) is 13.2. The van der Waals surface area contributed by atoms with Gasteiger partial charge in [0.1, 0.15) is 10.8 Å². The minimum absolute atomic E-state index is 0.409. The first kappa shape index (κ1) is 15.0. The van der Waals surface area contributed by atoms with E-state index in [4.69, 9.17) is 5.73 Å². The molecular weight excluding hydrogens is 322 g/mol. The molecule has 0 fully saturated rings. The van der Waals surface area contributed by atoms with Crippen molar-refractivity contribution in [3.63, 3.8) is 0 Å². The molecule has 24 heavy (non-hydrogen) atoms. The second kappa shape index (κ2) is 5.85. The Morgan fingerprint density at radius 1 is 1.46 bits per heavy atom. The SMILES string of the molecule is CN1CCc2c(sc(N=Cc3nc4ccccc4[nH]3)c2C(N)=O)C1. The van der Waals surface area contributed by atoms with E-state index in [1.54, 1.807) is 6.21 Å². The van der Waals surface area contributed by atoms with Gasteiger partial charge >= 0.3 is 0 Å². The largest absolute Gasteiger partial charge is 0.365 e. The normalized spacial score (nSPS) is 15.2. The van der Waals surface area contributed by atoms with Gasteiger partial charge in [0.25, 0.3) is 5.91 Å².